The summed E-state index contributed by atoms with van der Waals surface area (Å²) >= 11 is 1.38. The van der Waals surface area contributed by atoms with E-state index in [0.29, 0.717) is 23.4 Å². The van der Waals surface area contributed by atoms with E-state index in [0.717, 1.165) is 23.4 Å². The van der Waals surface area contributed by atoms with Crippen molar-refractivity contribution in [3.05, 3.63) is 136 Å². The Hall–Kier alpha value is -5.22. The number of carbonyl (C=O) groups is 3. The molecule has 0 bridgehead atoms. The third-order valence-corrected chi connectivity index (χ3v) is 7.79. The average Bonchev–Trinajstić information content (AvgIpc) is 3.03. The fraction of sp³-hybridized carbons (Fsp3) is 0.121. The molecule has 0 fully saturated rings. The Labute approximate surface area is 252 Å². The molecule has 0 saturated heterocycles. The van der Waals surface area contributed by atoms with Gasteiger partial charge in [-0.2, -0.15) is 0 Å². The number of thioether (sulfide) groups is 1. The lowest BCUT2D eigenvalue weighted by Gasteiger charge is -2.29. The first kappa shape index (κ1) is 29.3. The van der Waals surface area contributed by atoms with Gasteiger partial charge in [0.05, 0.1) is 10.7 Å². The van der Waals surface area contributed by atoms with Crippen molar-refractivity contribution in [3.8, 4) is 0 Å². The number of hydrogen-bond acceptors (Lipinski definition) is 6. The van der Waals surface area contributed by atoms with Crippen LogP contribution in [-0.2, 0) is 16.0 Å². The van der Waals surface area contributed by atoms with Crippen LogP contribution in [-0.4, -0.2) is 34.9 Å². The summed E-state index contributed by atoms with van der Waals surface area (Å²) in [5.41, 5.74) is 3.34. The summed E-state index contributed by atoms with van der Waals surface area (Å²) < 4.78 is 0. The zero-order valence-corrected chi connectivity index (χ0v) is 23.9. The van der Waals surface area contributed by atoms with Crippen LogP contribution in [0.1, 0.15) is 27.9 Å². The topological polar surface area (TPSA) is 122 Å². The standard InChI is InChI=1S/C33H28N4O5S/c38-31(36-19-7-11-24-8-4-5-14-30(24)36)22-43-28-13-6-12-26(21-28)34-33(40)29(35-32(39)25-9-2-1-3-10-25)20-23-15-17-27(18-16-23)37(41)42/h1-6,8-10,12-18,20-21H,7,11,19,22H2,(H,34,40)(H,35,39)/b29-20-. The molecular weight excluding hydrogens is 564 g/mol. The lowest BCUT2D eigenvalue weighted by atomic mass is 10.0. The second-order valence-electron chi connectivity index (χ2n) is 9.78. The van der Waals surface area contributed by atoms with Crippen molar-refractivity contribution in [2.24, 2.45) is 0 Å². The molecule has 43 heavy (non-hydrogen) atoms. The Balaban J connectivity index is 1.29. The van der Waals surface area contributed by atoms with Gasteiger partial charge in [0.15, 0.2) is 0 Å². The fourth-order valence-corrected chi connectivity index (χ4v) is 5.51. The SMILES string of the molecule is O=C(Nc1cccc(SCC(=O)N2CCCc3ccccc32)c1)/C(=C/c1ccc([N+](=O)[O-])cc1)NC(=O)c1ccccc1. The highest BCUT2D eigenvalue weighted by Gasteiger charge is 2.22. The van der Waals surface area contributed by atoms with Crippen LogP contribution in [0.4, 0.5) is 17.1 Å². The van der Waals surface area contributed by atoms with Crippen LogP contribution in [0.15, 0.2) is 114 Å². The molecule has 9 nitrogen and oxygen atoms in total. The van der Waals surface area contributed by atoms with Gasteiger partial charge in [-0.05, 0) is 78.6 Å². The van der Waals surface area contributed by atoms with E-state index < -0.39 is 16.7 Å². The van der Waals surface area contributed by atoms with Crippen LogP contribution >= 0.6 is 11.8 Å². The van der Waals surface area contributed by atoms with E-state index in [1.165, 1.54) is 47.7 Å². The number of para-hydroxylation sites is 1. The Kier molecular flexibility index (Phi) is 9.28. The van der Waals surface area contributed by atoms with Gasteiger partial charge in [0.25, 0.3) is 17.5 Å². The molecule has 1 aliphatic heterocycles. The molecule has 3 amide bonds. The van der Waals surface area contributed by atoms with E-state index >= 15 is 0 Å². The molecule has 4 aromatic rings. The van der Waals surface area contributed by atoms with E-state index in [1.807, 2.05) is 29.2 Å². The summed E-state index contributed by atoms with van der Waals surface area (Å²) in [5, 5.41) is 16.5. The summed E-state index contributed by atoms with van der Waals surface area (Å²) in [5.74, 6) is -0.801. The van der Waals surface area contributed by atoms with Gasteiger partial charge in [-0.15, -0.1) is 11.8 Å². The minimum Gasteiger partial charge on any atom is -0.321 e. The maximum absolute atomic E-state index is 13.4. The molecule has 10 heteroatoms. The van der Waals surface area contributed by atoms with Crippen molar-refractivity contribution in [1.29, 1.82) is 0 Å². The van der Waals surface area contributed by atoms with E-state index in [1.54, 1.807) is 48.5 Å². The first-order valence-corrected chi connectivity index (χ1v) is 14.6. The molecule has 2 N–H and O–H groups in total. The maximum Gasteiger partial charge on any atom is 0.272 e. The lowest BCUT2D eigenvalue weighted by Crippen LogP contribution is -2.36. The minimum atomic E-state index is -0.578. The molecule has 0 spiro atoms. The largest absolute Gasteiger partial charge is 0.321 e. The smallest absolute Gasteiger partial charge is 0.272 e. The number of nitrogens with one attached hydrogen (secondary N) is 2. The van der Waals surface area contributed by atoms with Crippen molar-refractivity contribution >= 4 is 52.6 Å². The van der Waals surface area contributed by atoms with E-state index in [-0.39, 0.29) is 23.0 Å². The Morgan fingerprint density at radius 3 is 2.42 bits per heavy atom. The minimum absolute atomic E-state index is 0.0172. The lowest BCUT2D eigenvalue weighted by molar-refractivity contribution is -0.384. The fourth-order valence-electron chi connectivity index (χ4n) is 4.68. The molecule has 0 atom stereocenters. The first-order valence-electron chi connectivity index (χ1n) is 13.6. The summed E-state index contributed by atoms with van der Waals surface area (Å²) in [6, 6.07) is 29.2. The summed E-state index contributed by atoms with van der Waals surface area (Å²) in [6.45, 7) is 0.686. The van der Waals surface area contributed by atoms with Crippen molar-refractivity contribution in [2.75, 3.05) is 22.5 Å². The number of amides is 3. The number of fused-ring (bicyclic) bond motifs is 1. The molecule has 0 radical (unpaired) electrons. The number of benzene rings is 4. The molecule has 4 aromatic carbocycles. The van der Waals surface area contributed by atoms with E-state index in [9.17, 15) is 24.5 Å². The van der Waals surface area contributed by atoms with Crippen molar-refractivity contribution in [1.82, 2.24) is 5.32 Å². The van der Waals surface area contributed by atoms with Gasteiger partial charge in [0.1, 0.15) is 5.70 Å². The highest BCUT2D eigenvalue weighted by molar-refractivity contribution is 8.00. The number of aryl methyl sites for hydroxylation is 1. The molecule has 5 rings (SSSR count). The van der Waals surface area contributed by atoms with Crippen LogP contribution in [0.25, 0.3) is 6.08 Å². The molecular formula is C33H28N4O5S. The second kappa shape index (κ2) is 13.6. The molecule has 1 aliphatic rings. The molecule has 1 heterocycles. The van der Waals surface area contributed by atoms with Crippen LogP contribution in [0.2, 0.25) is 0 Å². The Morgan fingerprint density at radius 1 is 0.907 bits per heavy atom. The van der Waals surface area contributed by atoms with Gasteiger partial charge < -0.3 is 15.5 Å². The van der Waals surface area contributed by atoms with Gasteiger partial charge in [0.2, 0.25) is 5.91 Å². The summed E-state index contributed by atoms with van der Waals surface area (Å²) in [6.07, 6.45) is 3.33. The molecule has 0 aliphatic carbocycles. The predicted molar refractivity (Wildman–Crippen MR) is 168 cm³/mol. The number of rotatable bonds is 9. The third-order valence-electron chi connectivity index (χ3n) is 6.81. The number of hydrogen-bond donors (Lipinski definition) is 2. The Bertz CT molecular complexity index is 1690. The van der Waals surface area contributed by atoms with Gasteiger partial charge in [-0.1, -0.05) is 42.5 Å². The number of anilines is 2. The quantitative estimate of drug-likeness (QED) is 0.105. The van der Waals surface area contributed by atoms with E-state index in [4.69, 9.17) is 0 Å². The third kappa shape index (κ3) is 7.55. The van der Waals surface area contributed by atoms with Gasteiger partial charge in [-0.25, -0.2) is 0 Å². The van der Waals surface area contributed by atoms with Crippen LogP contribution in [0, 0.1) is 10.1 Å². The number of nitro groups is 1. The van der Waals surface area contributed by atoms with Crippen molar-refractivity contribution in [2.45, 2.75) is 17.7 Å². The zero-order chi connectivity index (χ0) is 30.2. The monoisotopic (exact) mass is 592 g/mol. The first-order chi connectivity index (χ1) is 20.9. The van der Waals surface area contributed by atoms with E-state index in [2.05, 4.69) is 16.7 Å². The van der Waals surface area contributed by atoms with Gasteiger partial charge in [-0.3, -0.25) is 24.5 Å². The molecule has 0 aromatic heterocycles. The predicted octanol–water partition coefficient (Wildman–Crippen LogP) is 6.08. The molecule has 216 valence electrons. The second-order valence-corrected chi connectivity index (χ2v) is 10.8. The zero-order valence-electron chi connectivity index (χ0n) is 23.1. The number of nitro benzene ring substituents is 1. The number of carbonyl (C=O) groups excluding carboxylic acids is 3. The number of nitrogens with zero attached hydrogens (tertiary/aromatic N) is 2. The summed E-state index contributed by atoms with van der Waals surface area (Å²) in [7, 11) is 0. The Morgan fingerprint density at radius 2 is 1.65 bits per heavy atom. The van der Waals surface area contributed by atoms with Crippen LogP contribution < -0.4 is 15.5 Å². The maximum atomic E-state index is 13.4. The normalized spacial score (nSPS) is 12.7. The highest BCUT2D eigenvalue weighted by Crippen LogP contribution is 2.29. The van der Waals surface area contributed by atoms with Crippen molar-refractivity contribution < 1.29 is 19.3 Å². The van der Waals surface area contributed by atoms with Gasteiger partial charge in [0, 0.05) is 40.5 Å². The molecule has 0 saturated carbocycles. The van der Waals surface area contributed by atoms with Crippen LogP contribution in [0.5, 0.6) is 0 Å². The van der Waals surface area contributed by atoms with Crippen molar-refractivity contribution in [3.63, 3.8) is 0 Å². The number of non-ortho nitro benzene ring substituents is 1. The van der Waals surface area contributed by atoms with Gasteiger partial charge >= 0.3 is 0 Å². The molecule has 0 unspecified atom stereocenters. The summed E-state index contributed by atoms with van der Waals surface area (Å²) in [4.78, 5) is 52.5. The highest BCUT2D eigenvalue weighted by atomic mass is 32.2. The average molecular weight is 593 g/mol. The van der Waals surface area contributed by atoms with Crippen LogP contribution in [0.3, 0.4) is 0 Å².